The van der Waals surface area contributed by atoms with Gasteiger partial charge in [-0.1, -0.05) is 0 Å². The van der Waals surface area contributed by atoms with Gasteiger partial charge >= 0.3 is 7.56 Å². The van der Waals surface area contributed by atoms with Gasteiger partial charge in [0, 0.05) is 0 Å². The van der Waals surface area contributed by atoms with Crippen molar-refractivity contribution in [2.24, 2.45) is 20.7 Å². The predicted molar refractivity (Wildman–Crippen MR) is 20.4 cm³/mol. The first-order valence-corrected chi connectivity index (χ1v) is 1.67. The summed E-state index contributed by atoms with van der Waals surface area (Å²) in [6.45, 7) is 0. The summed E-state index contributed by atoms with van der Waals surface area (Å²) in [7, 11) is 0.319. The minimum atomic E-state index is -0.778. The van der Waals surface area contributed by atoms with E-state index < -0.39 is 6.07 Å². The van der Waals surface area contributed by atoms with Crippen molar-refractivity contribution in [3.05, 3.63) is 0 Å². The lowest BCUT2D eigenvalue weighted by Gasteiger charge is -1.81. The molecule has 35 valence electrons. The molecule has 0 amide bonds. The van der Waals surface area contributed by atoms with Crippen LogP contribution in [0.1, 0.15) is 0 Å². The highest BCUT2D eigenvalue weighted by molar-refractivity contribution is 6.28. The average Bonchev–Trinajstić information content (AvgIpc) is 2.14. The Morgan fingerprint density at radius 3 is 2.14 bits per heavy atom. The summed E-state index contributed by atoms with van der Waals surface area (Å²) in [6.07, 6.45) is 0. The molecule has 1 radical (unpaired) electrons. The third-order valence-corrected chi connectivity index (χ3v) is 0.493. The van der Waals surface area contributed by atoms with Crippen LogP contribution in [0, 0.1) is 0 Å². The Balaban J connectivity index is 2.44. The Labute approximate surface area is 39.8 Å². The molecule has 0 saturated heterocycles. The quantitative estimate of drug-likeness (QED) is 0.434. The molecule has 0 atom stereocenters. The van der Waals surface area contributed by atoms with E-state index in [2.05, 4.69) is 20.7 Å². The molecule has 7 heavy (non-hydrogen) atoms. The zero-order chi connectivity index (χ0) is 5.11. The van der Waals surface area contributed by atoms with Crippen molar-refractivity contribution in [1.82, 2.24) is 0 Å². The van der Waals surface area contributed by atoms with Gasteiger partial charge in [-0.15, -0.1) is 10.2 Å². The molecule has 0 bridgehead atoms. The summed E-state index contributed by atoms with van der Waals surface area (Å²) in [5.41, 5.74) is 0. The third kappa shape index (κ3) is 0.790. The molecule has 0 N–H and O–H groups in total. The fourth-order valence-electron chi connectivity index (χ4n) is 0.225. The van der Waals surface area contributed by atoms with Gasteiger partial charge in [-0.2, -0.15) is 0 Å². The van der Waals surface area contributed by atoms with E-state index in [1.54, 1.807) is 0 Å². The molecule has 4 nitrogen and oxygen atoms in total. The third-order valence-electron chi connectivity index (χ3n) is 0.493. The Kier molecular flexibility index (Phi) is 1.10. The van der Waals surface area contributed by atoms with E-state index in [0.717, 1.165) is 0 Å². The summed E-state index contributed by atoms with van der Waals surface area (Å²) < 4.78 is 11.3. The zero-order valence-electron chi connectivity index (χ0n) is 3.32. The van der Waals surface area contributed by atoms with Crippen LogP contribution in [0.2, 0.25) is 0 Å². The van der Waals surface area contributed by atoms with Crippen LogP contribution in [0.15, 0.2) is 20.7 Å². The minimum absolute atomic E-state index is 0.319. The molecule has 0 saturated carbocycles. The van der Waals surface area contributed by atoms with Gasteiger partial charge in [0.2, 0.25) is 0 Å². The summed E-state index contributed by atoms with van der Waals surface area (Å²) in [5, 5.41) is 12.5. The predicted octanol–water partition coefficient (Wildman–Crippen LogP) is 0.692. The van der Waals surface area contributed by atoms with Gasteiger partial charge in [0.1, 0.15) is 0 Å². The van der Waals surface area contributed by atoms with Crippen LogP contribution in [0.4, 0.5) is 4.32 Å². The van der Waals surface area contributed by atoms with E-state index in [-0.39, 0.29) is 0 Å². The van der Waals surface area contributed by atoms with Gasteiger partial charge in [0.15, 0.2) is 6.07 Å². The Bertz CT molecular complexity index is 98.3. The second-order valence-corrected chi connectivity index (χ2v) is 0.949. The highest BCUT2D eigenvalue weighted by Crippen LogP contribution is 2.01. The first-order valence-electron chi connectivity index (χ1n) is 1.67. The van der Waals surface area contributed by atoms with Gasteiger partial charge in [-0.05, 0) is 10.4 Å². The highest BCUT2D eigenvalue weighted by Gasteiger charge is 2.10. The molecule has 0 unspecified atom stereocenters. The lowest BCUT2D eigenvalue weighted by atomic mass is 10.0. The van der Waals surface area contributed by atoms with Crippen LogP contribution >= 0.6 is 0 Å². The first kappa shape index (κ1) is 4.36. The van der Waals surface area contributed by atoms with Crippen molar-refractivity contribution in [3.63, 3.8) is 0 Å². The SMILES string of the molecule is F[B]C1N=NN=N1. The molecule has 0 aromatic heterocycles. The largest absolute Gasteiger partial charge is 0.413 e. The van der Waals surface area contributed by atoms with E-state index in [1.807, 2.05) is 0 Å². The lowest BCUT2D eigenvalue weighted by Crippen LogP contribution is -2.01. The van der Waals surface area contributed by atoms with Crippen LogP contribution in [0.5, 0.6) is 0 Å². The van der Waals surface area contributed by atoms with E-state index >= 15 is 0 Å². The monoisotopic (exact) mass is 99.0 g/mol. The number of hydrogen-bond acceptors (Lipinski definition) is 4. The molecule has 0 aliphatic carbocycles. The molecular weight excluding hydrogens is 97.8 g/mol. The molecule has 0 fully saturated rings. The van der Waals surface area contributed by atoms with Gasteiger partial charge in [-0.25, -0.2) is 0 Å². The molecule has 1 aliphatic rings. The molecule has 1 rings (SSSR count). The maximum atomic E-state index is 11.3. The summed E-state index contributed by atoms with van der Waals surface area (Å²) in [6, 6.07) is -0.778. The molecule has 0 spiro atoms. The van der Waals surface area contributed by atoms with E-state index in [1.165, 1.54) is 0 Å². The van der Waals surface area contributed by atoms with Crippen LogP contribution in [0.25, 0.3) is 0 Å². The average molecular weight is 98.9 g/mol. The number of rotatable bonds is 1. The van der Waals surface area contributed by atoms with E-state index in [9.17, 15) is 4.32 Å². The maximum absolute atomic E-state index is 11.3. The van der Waals surface area contributed by atoms with Crippen LogP contribution in [-0.2, 0) is 0 Å². The Morgan fingerprint density at radius 1 is 1.29 bits per heavy atom. The summed E-state index contributed by atoms with van der Waals surface area (Å²) in [4.78, 5) is 0. The van der Waals surface area contributed by atoms with Crippen molar-refractivity contribution in [3.8, 4) is 0 Å². The Morgan fingerprint density at radius 2 is 1.86 bits per heavy atom. The number of hydrogen-bond donors (Lipinski definition) is 0. The molecule has 1 aliphatic heterocycles. The fraction of sp³-hybridized carbons (Fsp3) is 1.00. The van der Waals surface area contributed by atoms with E-state index in [0.29, 0.717) is 7.56 Å². The second kappa shape index (κ2) is 1.77. The van der Waals surface area contributed by atoms with Crippen LogP contribution < -0.4 is 0 Å². The van der Waals surface area contributed by atoms with Gasteiger partial charge in [-0.3, -0.25) is 0 Å². The minimum Gasteiger partial charge on any atom is -0.337 e. The standard InChI is InChI=1S/CHBFN4/c3-2-1-4-6-7-5-1/h1H. The maximum Gasteiger partial charge on any atom is 0.413 e. The van der Waals surface area contributed by atoms with Gasteiger partial charge < -0.3 is 4.32 Å². The van der Waals surface area contributed by atoms with Crippen molar-refractivity contribution in [2.75, 3.05) is 0 Å². The van der Waals surface area contributed by atoms with Crippen molar-refractivity contribution >= 4 is 7.56 Å². The van der Waals surface area contributed by atoms with Gasteiger partial charge in [0.05, 0.1) is 0 Å². The second-order valence-electron chi connectivity index (χ2n) is 0.949. The van der Waals surface area contributed by atoms with Crippen molar-refractivity contribution in [2.45, 2.75) is 6.07 Å². The molecule has 1 heterocycles. The molecular formula is CHBFN4. The number of nitrogens with zero attached hydrogens (tertiary/aromatic N) is 4. The first-order chi connectivity index (χ1) is 3.43. The highest BCUT2D eigenvalue weighted by atomic mass is 19.1. The number of halogens is 1. The topological polar surface area (TPSA) is 49.4 Å². The molecule has 6 heteroatoms. The fourth-order valence-corrected chi connectivity index (χ4v) is 0.225. The lowest BCUT2D eigenvalue weighted by molar-refractivity contribution is 0.792. The van der Waals surface area contributed by atoms with E-state index in [4.69, 9.17) is 0 Å². The van der Waals surface area contributed by atoms with Crippen molar-refractivity contribution < 1.29 is 4.32 Å². The summed E-state index contributed by atoms with van der Waals surface area (Å²) >= 11 is 0. The normalized spacial score (nSPS) is 18.4. The molecule has 0 aromatic rings. The van der Waals surface area contributed by atoms with Crippen molar-refractivity contribution in [1.29, 1.82) is 0 Å². The van der Waals surface area contributed by atoms with Gasteiger partial charge in [0.25, 0.3) is 0 Å². The smallest absolute Gasteiger partial charge is 0.337 e. The molecule has 0 aromatic carbocycles. The van der Waals surface area contributed by atoms with Crippen LogP contribution in [0.3, 0.4) is 0 Å². The van der Waals surface area contributed by atoms with Crippen LogP contribution in [-0.4, -0.2) is 13.6 Å². The zero-order valence-corrected chi connectivity index (χ0v) is 3.32. The summed E-state index contributed by atoms with van der Waals surface area (Å²) in [5.74, 6) is 0. The Hall–Kier alpha value is -0.805.